The first-order valence-corrected chi connectivity index (χ1v) is 10.2. The van der Waals surface area contributed by atoms with E-state index in [1.807, 2.05) is 13.0 Å². The Hall–Kier alpha value is -2.34. The Bertz CT molecular complexity index is 890. The molecule has 0 atom stereocenters. The lowest BCUT2D eigenvalue weighted by atomic mass is 10.1. The van der Waals surface area contributed by atoms with Gasteiger partial charge in [0.1, 0.15) is 0 Å². The summed E-state index contributed by atoms with van der Waals surface area (Å²) < 4.78 is 28.1. The van der Waals surface area contributed by atoms with E-state index in [1.165, 1.54) is 6.07 Å². The maximum absolute atomic E-state index is 12.8. The van der Waals surface area contributed by atoms with E-state index in [0.29, 0.717) is 29.3 Å². The SMILES string of the molecule is Cc1cccc(NS(=O)(=O)c2cc(NC(=O)CCC(C)C)ccc2C)c1. The molecule has 26 heavy (non-hydrogen) atoms. The lowest BCUT2D eigenvalue weighted by Crippen LogP contribution is -2.16. The van der Waals surface area contributed by atoms with Crippen molar-refractivity contribution in [3.63, 3.8) is 0 Å². The molecule has 2 rings (SSSR count). The molecule has 0 unspecified atom stereocenters. The molecule has 0 aromatic heterocycles. The highest BCUT2D eigenvalue weighted by Gasteiger charge is 2.18. The molecule has 6 heteroatoms. The Morgan fingerprint density at radius 1 is 1.04 bits per heavy atom. The largest absolute Gasteiger partial charge is 0.326 e. The monoisotopic (exact) mass is 374 g/mol. The lowest BCUT2D eigenvalue weighted by Gasteiger charge is -2.13. The molecule has 0 bridgehead atoms. The number of anilines is 2. The van der Waals surface area contributed by atoms with Crippen LogP contribution in [0.2, 0.25) is 0 Å². The number of hydrogen-bond donors (Lipinski definition) is 2. The molecule has 5 nitrogen and oxygen atoms in total. The molecule has 0 spiro atoms. The number of amides is 1. The van der Waals surface area contributed by atoms with Crippen LogP contribution >= 0.6 is 0 Å². The molecule has 0 radical (unpaired) electrons. The average molecular weight is 375 g/mol. The van der Waals surface area contributed by atoms with Gasteiger partial charge in [-0.2, -0.15) is 0 Å². The molecule has 0 saturated heterocycles. The Kier molecular flexibility index (Phi) is 6.42. The molecule has 0 aliphatic heterocycles. The maximum atomic E-state index is 12.8. The van der Waals surface area contributed by atoms with Crippen LogP contribution in [0.25, 0.3) is 0 Å². The topological polar surface area (TPSA) is 75.3 Å². The van der Waals surface area contributed by atoms with Gasteiger partial charge in [-0.3, -0.25) is 9.52 Å². The summed E-state index contributed by atoms with van der Waals surface area (Å²) in [5.41, 5.74) is 2.57. The second-order valence-corrected chi connectivity index (χ2v) is 8.59. The standard InChI is InChI=1S/C20H26N2O3S/c1-14(2)8-11-20(23)21-17-10-9-16(4)19(13-17)26(24,25)22-18-7-5-6-15(3)12-18/h5-7,9-10,12-14,22H,8,11H2,1-4H3,(H,21,23). The van der Waals surface area contributed by atoms with Gasteiger partial charge in [0.15, 0.2) is 0 Å². The lowest BCUT2D eigenvalue weighted by molar-refractivity contribution is -0.116. The summed E-state index contributed by atoms with van der Waals surface area (Å²) in [6.07, 6.45) is 1.20. The van der Waals surface area contributed by atoms with Gasteiger partial charge in [-0.15, -0.1) is 0 Å². The average Bonchev–Trinajstić information content (AvgIpc) is 2.54. The van der Waals surface area contributed by atoms with Crippen molar-refractivity contribution in [2.45, 2.75) is 45.4 Å². The van der Waals surface area contributed by atoms with Crippen LogP contribution in [0.3, 0.4) is 0 Å². The molecule has 0 aliphatic carbocycles. The van der Waals surface area contributed by atoms with E-state index in [-0.39, 0.29) is 10.8 Å². The van der Waals surface area contributed by atoms with E-state index in [4.69, 9.17) is 0 Å². The van der Waals surface area contributed by atoms with Crippen LogP contribution in [-0.2, 0) is 14.8 Å². The van der Waals surface area contributed by atoms with Crippen molar-refractivity contribution in [3.05, 3.63) is 53.6 Å². The molecule has 0 saturated carbocycles. The second kappa shape index (κ2) is 8.36. The van der Waals surface area contributed by atoms with Crippen molar-refractivity contribution in [2.75, 3.05) is 10.0 Å². The summed E-state index contributed by atoms with van der Waals surface area (Å²) in [6.45, 7) is 7.74. The number of carbonyl (C=O) groups is 1. The van der Waals surface area contributed by atoms with E-state index in [2.05, 4.69) is 23.9 Å². The molecule has 0 aliphatic rings. The van der Waals surface area contributed by atoms with Gasteiger partial charge in [0, 0.05) is 17.8 Å². The van der Waals surface area contributed by atoms with E-state index < -0.39 is 10.0 Å². The Labute approximate surface area is 155 Å². The quantitative estimate of drug-likeness (QED) is 0.750. The minimum absolute atomic E-state index is 0.113. The van der Waals surface area contributed by atoms with Gasteiger partial charge in [0.2, 0.25) is 5.91 Å². The van der Waals surface area contributed by atoms with Gasteiger partial charge in [0.05, 0.1) is 4.90 Å². The summed E-state index contributed by atoms with van der Waals surface area (Å²) in [7, 11) is -3.75. The van der Waals surface area contributed by atoms with Crippen LogP contribution in [0.1, 0.15) is 37.8 Å². The number of carbonyl (C=O) groups excluding carboxylic acids is 1. The third-order valence-corrected chi connectivity index (χ3v) is 5.50. The van der Waals surface area contributed by atoms with E-state index >= 15 is 0 Å². The molecule has 2 N–H and O–H groups in total. The number of nitrogens with one attached hydrogen (secondary N) is 2. The minimum Gasteiger partial charge on any atom is -0.326 e. The predicted octanol–water partition coefficient (Wildman–Crippen LogP) is 4.48. The van der Waals surface area contributed by atoms with Crippen LogP contribution in [0.15, 0.2) is 47.4 Å². The second-order valence-electron chi connectivity index (χ2n) is 6.94. The zero-order valence-corrected chi connectivity index (χ0v) is 16.5. The Morgan fingerprint density at radius 3 is 2.42 bits per heavy atom. The Balaban J connectivity index is 2.21. The minimum atomic E-state index is -3.75. The molecule has 0 heterocycles. The number of hydrogen-bond acceptors (Lipinski definition) is 3. The third kappa shape index (κ3) is 5.59. The zero-order chi connectivity index (χ0) is 19.3. The van der Waals surface area contributed by atoms with Crippen molar-refractivity contribution < 1.29 is 13.2 Å². The molecule has 2 aromatic rings. The first kappa shape index (κ1) is 20.0. The number of rotatable bonds is 7. The summed E-state index contributed by atoms with van der Waals surface area (Å²) in [5, 5.41) is 2.78. The highest BCUT2D eigenvalue weighted by atomic mass is 32.2. The summed E-state index contributed by atoms with van der Waals surface area (Å²) >= 11 is 0. The van der Waals surface area contributed by atoms with Gasteiger partial charge < -0.3 is 5.32 Å². The van der Waals surface area contributed by atoms with Crippen molar-refractivity contribution in [2.24, 2.45) is 5.92 Å². The number of aryl methyl sites for hydroxylation is 2. The molecule has 140 valence electrons. The highest BCUT2D eigenvalue weighted by Crippen LogP contribution is 2.23. The van der Waals surface area contributed by atoms with Crippen LogP contribution in [0.4, 0.5) is 11.4 Å². The van der Waals surface area contributed by atoms with E-state index in [0.717, 1.165) is 12.0 Å². The van der Waals surface area contributed by atoms with Crippen LogP contribution < -0.4 is 10.0 Å². The predicted molar refractivity (Wildman–Crippen MR) is 106 cm³/mol. The smallest absolute Gasteiger partial charge is 0.262 e. The number of benzene rings is 2. The van der Waals surface area contributed by atoms with E-state index in [9.17, 15) is 13.2 Å². The van der Waals surface area contributed by atoms with Crippen molar-refractivity contribution in [1.29, 1.82) is 0 Å². The Morgan fingerprint density at radius 2 is 1.77 bits per heavy atom. The number of sulfonamides is 1. The van der Waals surface area contributed by atoms with Gasteiger partial charge in [-0.05, 0) is 61.6 Å². The summed E-state index contributed by atoms with van der Waals surface area (Å²) in [6, 6.07) is 12.1. The summed E-state index contributed by atoms with van der Waals surface area (Å²) in [4.78, 5) is 12.2. The molecule has 0 fully saturated rings. The van der Waals surface area contributed by atoms with Crippen LogP contribution in [0, 0.1) is 19.8 Å². The fraction of sp³-hybridized carbons (Fsp3) is 0.350. The summed E-state index contributed by atoms with van der Waals surface area (Å²) in [5.74, 6) is 0.325. The third-order valence-electron chi connectivity index (χ3n) is 3.98. The zero-order valence-electron chi connectivity index (χ0n) is 15.7. The van der Waals surface area contributed by atoms with E-state index in [1.54, 1.807) is 37.3 Å². The fourth-order valence-corrected chi connectivity index (χ4v) is 3.85. The normalized spacial score (nSPS) is 11.4. The molecule has 1 amide bonds. The van der Waals surface area contributed by atoms with Gasteiger partial charge >= 0.3 is 0 Å². The molecular formula is C20H26N2O3S. The first-order valence-electron chi connectivity index (χ1n) is 8.67. The molecule has 2 aromatic carbocycles. The first-order chi connectivity index (χ1) is 12.2. The maximum Gasteiger partial charge on any atom is 0.262 e. The van der Waals surface area contributed by atoms with Gasteiger partial charge in [-0.25, -0.2) is 8.42 Å². The fourth-order valence-electron chi connectivity index (χ4n) is 2.53. The molecular weight excluding hydrogens is 348 g/mol. The van der Waals surface area contributed by atoms with Crippen molar-refractivity contribution >= 4 is 27.3 Å². The van der Waals surface area contributed by atoms with Crippen LogP contribution in [-0.4, -0.2) is 14.3 Å². The van der Waals surface area contributed by atoms with Gasteiger partial charge in [-0.1, -0.05) is 32.0 Å². The van der Waals surface area contributed by atoms with Crippen molar-refractivity contribution in [3.8, 4) is 0 Å². The highest BCUT2D eigenvalue weighted by molar-refractivity contribution is 7.92. The van der Waals surface area contributed by atoms with Crippen molar-refractivity contribution in [1.82, 2.24) is 0 Å². The van der Waals surface area contributed by atoms with Gasteiger partial charge in [0.25, 0.3) is 10.0 Å². The van der Waals surface area contributed by atoms with Crippen LogP contribution in [0.5, 0.6) is 0 Å².